The predicted molar refractivity (Wildman–Crippen MR) is 78.3 cm³/mol. The third kappa shape index (κ3) is 4.13. The van der Waals surface area contributed by atoms with Gasteiger partial charge in [-0.1, -0.05) is 24.3 Å². The number of anilines is 1. The van der Waals surface area contributed by atoms with Crippen LogP contribution in [-0.2, 0) is 21.1 Å². The van der Waals surface area contributed by atoms with Gasteiger partial charge in [0.15, 0.2) is 9.84 Å². The number of carbonyl (C=O) groups is 1. The van der Waals surface area contributed by atoms with Gasteiger partial charge in [-0.25, -0.2) is 12.8 Å². The van der Waals surface area contributed by atoms with E-state index >= 15 is 0 Å². The van der Waals surface area contributed by atoms with E-state index in [1.165, 1.54) is 24.3 Å². The van der Waals surface area contributed by atoms with E-state index in [1.54, 1.807) is 24.3 Å². The first-order valence-corrected chi connectivity index (χ1v) is 8.09. The topological polar surface area (TPSA) is 63.2 Å². The molecule has 0 unspecified atom stereocenters. The maximum Gasteiger partial charge on any atom is 0.228 e. The summed E-state index contributed by atoms with van der Waals surface area (Å²) in [6.45, 7) is 0. The molecule has 0 saturated heterocycles. The van der Waals surface area contributed by atoms with Crippen molar-refractivity contribution in [2.75, 3.05) is 11.6 Å². The Morgan fingerprint density at radius 1 is 1.14 bits per heavy atom. The van der Waals surface area contributed by atoms with Crippen molar-refractivity contribution in [3.05, 3.63) is 59.9 Å². The van der Waals surface area contributed by atoms with E-state index in [9.17, 15) is 17.6 Å². The largest absolute Gasteiger partial charge is 0.326 e. The van der Waals surface area contributed by atoms with Crippen LogP contribution in [0.4, 0.5) is 10.1 Å². The van der Waals surface area contributed by atoms with Crippen LogP contribution in [0, 0.1) is 5.82 Å². The van der Waals surface area contributed by atoms with Crippen LogP contribution in [-0.4, -0.2) is 20.6 Å². The van der Waals surface area contributed by atoms with Crippen LogP contribution in [0.1, 0.15) is 5.56 Å². The third-order valence-corrected chi connectivity index (χ3v) is 4.03. The van der Waals surface area contributed by atoms with Crippen molar-refractivity contribution >= 4 is 21.4 Å². The smallest absolute Gasteiger partial charge is 0.228 e. The van der Waals surface area contributed by atoms with E-state index in [-0.39, 0.29) is 11.3 Å². The van der Waals surface area contributed by atoms with Crippen LogP contribution in [0.5, 0.6) is 0 Å². The summed E-state index contributed by atoms with van der Waals surface area (Å²) in [5.41, 5.74) is 0.741. The molecule has 0 radical (unpaired) electrons. The van der Waals surface area contributed by atoms with Gasteiger partial charge in [0, 0.05) is 11.9 Å². The first kappa shape index (κ1) is 15.2. The monoisotopic (exact) mass is 307 g/mol. The first-order valence-electron chi connectivity index (χ1n) is 6.19. The summed E-state index contributed by atoms with van der Waals surface area (Å²) in [4.78, 5) is 12.1. The highest BCUT2D eigenvalue weighted by Crippen LogP contribution is 2.17. The molecule has 0 aliphatic carbocycles. The number of halogens is 1. The minimum Gasteiger partial charge on any atom is -0.326 e. The number of hydrogen-bond acceptors (Lipinski definition) is 3. The number of amides is 1. The van der Waals surface area contributed by atoms with Gasteiger partial charge in [-0.2, -0.15) is 0 Å². The van der Waals surface area contributed by atoms with E-state index in [1.807, 2.05) is 0 Å². The van der Waals surface area contributed by atoms with Gasteiger partial charge in [0.1, 0.15) is 5.82 Å². The van der Waals surface area contributed by atoms with Crippen molar-refractivity contribution in [3.8, 4) is 0 Å². The second kappa shape index (κ2) is 6.05. The average Bonchev–Trinajstić information content (AvgIpc) is 2.37. The lowest BCUT2D eigenvalue weighted by Gasteiger charge is -2.08. The number of rotatable bonds is 4. The molecule has 0 aromatic heterocycles. The van der Waals surface area contributed by atoms with E-state index in [2.05, 4.69) is 5.32 Å². The van der Waals surface area contributed by atoms with Gasteiger partial charge in [-0.05, 0) is 29.8 Å². The Morgan fingerprint density at radius 2 is 1.86 bits per heavy atom. The van der Waals surface area contributed by atoms with Crippen molar-refractivity contribution in [1.29, 1.82) is 0 Å². The molecule has 0 saturated carbocycles. The molecule has 0 fully saturated rings. The van der Waals surface area contributed by atoms with Crippen LogP contribution in [0.3, 0.4) is 0 Å². The van der Waals surface area contributed by atoms with Crippen molar-refractivity contribution in [1.82, 2.24) is 0 Å². The molecule has 0 heterocycles. The van der Waals surface area contributed by atoms with Crippen LogP contribution in [0.2, 0.25) is 0 Å². The molecule has 0 aliphatic heterocycles. The van der Waals surface area contributed by atoms with Crippen LogP contribution in [0.15, 0.2) is 53.4 Å². The Labute approximate surface area is 122 Å². The maximum absolute atomic E-state index is 13.0. The molecular weight excluding hydrogens is 293 g/mol. The zero-order chi connectivity index (χ0) is 15.5. The van der Waals surface area contributed by atoms with Crippen LogP contribution >= 0.6 is 0 Å². The Kier molecular flexibility index (Phi) is 4.37. The number of hydrogen-bond donors (Lipinski definition) is 1. The minimum absolute atomic E-state index is 0.0975. The molecule has 0 aliphatic rings. The molecule has 2 aromatic carbocycles. The summed E-state index contributed by atoms with van der Waals surface area (Å²) in [6, 6.07) is 11.8. The second-order valence-electron chi connectivity index (χ2n) is 4.62. The fourth-order valence-electron chi connectivity index (χ4n) is 1.96. The lowest BCUT2D eigenvalue weighted by molar-refractivity contribution is -0.115. The molecule has 2 rings (SSSR count). The van der Waals surface area contributed by atoms with Gasteiger partial charge in [0.05, 0.1) is 11.3 Å². The van der Waals surface area contributed by atoms with E-state index in [4.69, 9.17) is 0 Å². The quantitative estimate of drug-likeness (QED) is 0.943. The average molecular weight is 307 g/mol. The molecule has 0 spiro atoms. The summed E-state index contributed by atoms with van der Waals surface area (Å²) in [6.07, 6.45) is 0.996. The van der Waals surface area contributed by atoms with Crippen LogP contribution in [0.25, 0.3) is 0 Å². The third-order valence-electron chi connectivity index (χ3n) is 2.83. The van der Waals surface area contributed by atoms with Gasteiger partial charge in [0.2, 0.25) is 5.91 Å². The fraction of sp³-hybridized carbons (Fsp3) is 0.133. The van der Waals surface area contributed by atoms with Crippen molar-refractivity contribution < 1.29 is 17.6 Å². The molecule has 21 heavy (non-hydrogen) atoms. The molecule has 0 bridgehead atoms. The predicted octanol–water partition coefficient (Wildman–Crippen LogP) is 2.41. The van der Waals surface area contributed by atoms with E-state index in [0.717, 1.165) is 6.26 Å². The molecule has 1 N–H and O–H groups in total. The van der Waals surface area contributed by atoms with Gasteiger partial charge in [-0.15, -0.1) is 0 Å². The molecule has 2 aromatic rings. The zero-order valence-electron chi connectivity index (χ0n) is 11.3. The first-order chi connectivity index (χ1) is 9.86. The van der Waals surface area contributed by atoms with Gasteiger partial charge < -0.3 is 5.32 Å². The Morgan fingerprint density at radius 3 is 2.52 bits per heavy atom. The van der Waals surface area contributed by atoms with Crippen molar-refractivity contribution in [2.24, 2.45) is 0 Å². The summed E-state index contributed by atoms with van der Waals surface area (Å²) >= 11 is 0. The minimum atomic E-state index is -3.40. The maximum atomic E-state index is 13.0. The van der Waals surface area contributed by atoms with Gasteiger partial charge in [0.25, 0.3) is 0 Å². The van der Waals surface area contributed by atoms with Gasteiger partial charge >= 0.3 is 0 Å². The lowest BCUT2D eigenvalue weighted by Crippen LogP contribution is -2.16. The molecule has 4 nitrogen and oxygen atoms in total. The standard InChI is InChI=1S/C15H14FNO3S/c1-21(19,20)14-8-3-2-5-11(14)9-15(18)17-13-7-4-6-12(16)10-13/h2-8,10H,9H2,1H3,(H,17,18). The SMILES string of the molecule is CS(=O)(=O)c1ccccc1CC(=O)Nc1cccc(F)c1. The summed E-state index contributed by atoms with van der Waals surface area (Å²) in [5, 5.41) is 2.54. The van der Waals surface area contributed by atoms with Crippen LogP contribution < -0.4 is 5.32 Å². The highest BCUT2D eigenvalue weighted by molar-refractivity contribution is 7.90. The Balaban J connectivity index is 2.17. The number of nitrogens with one attached hydrogen (secondary N) is 1. The summed E-state index contributed by atoms with van der Waals surface area (Å²) < 4.78 is 36.3. The second-order valence-corrected chi connectivity index (χ2v) is 6.60. The van der Waals surface area contributed by atoms with E-state index in [0.29, 0.717) is 11.3 Å². The fourth-order valence-corrected chi connectivity index (χ4v) is 2.90. The normalized spacial score (nSPS) is 11.1. The van der Waals surface area contributed by atoms with Gasteiger partial charge in [-0.3, -0.25) is 4.79 Å². The highest BCUT2D eigenvalue weighted by atomic mass is 32.2. The summed E-state index contributed by atoms with van der Waals surface area (Å²) in [7, 11) is -3.40. The zero-order valence-corrected chi connectivity index (χ0v) is 12.2. The summed E-state index contributed by atoms with van der Waals surface area (Å²) in [5.74, 6) is -0.860. The highest BCUT2D eigenvalue weighted by Gasteiger charge is 2.15. The molecule has 110 valence electrons. The number of benzene rings is 2. The number of carbonyl (C=O) groups excluding carboxylic acids is 1. The Bertz CT molecular complexity index is 772. The molecule has 6 heteroatoms. The molecule has 1 amide bonds. The Hall–Kier alpha value is -2.21. The van der Waals surface area contributed by atoms with Crippen molar-refractivity contribution in [2.45, 2.75) is 11.3 Å². The van der Waals surface area contributed by atoms with Crippen molar-refractivity contribution in [3.63, 3.8) is 0 Å². The lowest BCUT2D eigenvalue weighted by atomic mass is 10.1. The molecule has 0 atom stereocenters. The molecular formula is C15H14FNO3S. The van der Waals surface area contributed by atoms with E-state index < -0.39 is 21.6 Å². The number of sulfone groups is 1.